The van der Waals surface area contributed by atoms with E-state index >= 15 is 0 Å². The zero-order valence-electron chi connectivity index (χ0n) is 14.2. The molecule has 0 aromatic heterocycles. The monoisotopic (exact) mass is 442 g/mol. The lowest BCUT2D eigenvalue weighted by Gasteiger charge is -2.11. The summed E-state index contributed by atoms with van der Waals surface area (Å²) >= 11 is 0. The van der Waals surface area contributed by atoms with E-state index < -0.39 is 0 Å². The van der Waals surface area contributed by atoms with Crippen LogP contribution in [0.3, 0.4) is 0 Å². The Labute approximate surface area is 175 Å². The van der Waals surface area contributed by atoms with Gasteiger partial charge in [-0.15, -0.1) is 0 Å². The van der Waals surface area contributed by atoms with Gasteiger partial charge in [-0.2, -0.15) is 0 Å². The van der Waals surface area contributed by atoms with Crippen LogP contribution >= 0.6 is 64.8 Å². The average molecular weight is 443 g/mol. The summed E-state index contributed by atoms with van der Waals surface area (Å²) in [6.45, 7) is 2.22. The van der Waals surface area contributed by atoms with Crippen LogP contribution in [0.2, 0.25) is 0 Å². The number of rotatable bonds is 4. The van der Waals surface area contributed by atoms with E-state index in [1.165, 1.54) is 33.6 Å². The third-order valence-electron chi connectivity index (χ3n) is 3.60. The summed E-state index contributed by atoms with van der Waals surface area (Å²) in [5, 5.41) is 0. The van der Waals surface area contributed by atoms with Crippen LogP contribution in [0.25, 0.3) is 0 Å². The summed E-state index contributed by atoms with van der Waals surface area (Å²) in [6.07, 6.45) is 0. The Morgan fingerprint density at radius 3 is 1.80 bits per heavy atom. The maximum Gasteiger partial charge on any atom is 0.0289 e. The molecule has 0 nitrogen and oxygen atoms in total. The molecule has 3 rings (SSSR count). The summed E-state index contributed by atoms with van der Waals surface area (Å²) < 4.78 is 0. The van der Waals surface area contributed by atoms with Crippen LogP contribution in [0.1, 0.15) is 34.7 Å². The molecule has 0 saturated heterocycles. The largest absolute Gasteiger partial charge is 0.0941 e. The lowest BCUT2D eigenvalue weighted by atomic mass is 10.1. The fourth-order valence-electron chi connectivity index (χ4n) is 2.53. The Morgan fingerprint density at radius 1 is 0.720 bits per heavy atom. The molecule has 0 aliphatic carbocycles. The van der Waals surface area contributed by atoms with Crippen molar-refractivity contribution in [1.29, 1.82) is 0 Å². The summed E-state index contributed by atoms with van der Waals surface area (Å²) in [5.41, 5.74) is 7.32. The van der Waals surface area contributed by atoms with Crippen LogP contribution < -0.4 is 0 Å². The number of hydrogen-bond donors (Lipinski definition) is 0. The van der Waals surface area contributed by atoms with Crippen molar-refractivity contribution in [3.05, 3.63) is 70.3 Å². The molecule has 0 saturated carbocycles. The highest BCUT2D eigenvalue weighted by Crippen LogP contribution is 2.35. The molecular formula is C19H22S6. The molecule has 1 aliphatic heterocycles. The Hall–Kier alpha value is 0.540. The van der Waals surface area contributed by atoms with Gasteiger partial charge in [-0.3, -0.25) is 0 Å². The van der Waals surface area contributed by atoms with Gasteiger partial charge in [-0.1, -0.05) is 114 Å². The fourth-order valence-corrected chi connectivity index (χ4v) is 8.44. The van der Waals surface area contributed by atoms with Gasteiger partial charge in [0.1, 0.15) is 0 Å². The topological polar surface area (TPSA) is 0 Å². The number of hydrogen-bond acceptors (Lipinski definition) is 6. The van der Waals surface area contributed by atoms with Gasteiger partial charge in [-0.25, -0.2) is 0 Å². The van der Waals surface area contributed by atoms with Crippen LogP contribution in [-0.4, -0.2) is 5.75 Å². The second-order valence-electron chi connectivity index (χ2n) is 5.70. The van der Waals surface area contributed by atoms with Crippen molar-refractivity contribution in [2.75, 3.05) is 5.75 Å². The minimum Gasteiger partial charge on any atom is -0.0941 e. The summed E-state index contributed by atoms with van der Waals surface area (Å²) in [4.78, 5) is 0. The van der Waals surface area contributed by atoms with Crippen molar-refractivity contribution in [3.8, 4) is 0 Å². The van der Waals surface area contributed by atoms with Gasteiger partial charge in [-0.05, 0) is 27.8 Å². The summed E-state index contributed by atoms with van der Waals surface area (Å²) in [7, 11) is 11.8. The third kappa shape index (κ3) is 7.23. The van der Waals surface area contributed by atoms with Crippen LogP contribution in [0.15, 0.2) is 42.5 Å². The Bertz CT molecular complexity index is 627. The van der Waals surface area contributed by atoms with Gasteiger partial charge in [0.15, 0.2) is 0 Å². The van der Waals surface area contributed by atoms with Gasteiger partial charge in [0.25, 0.3) is 0 Å². The molecule has 2 aromatic carbocycles. The van der Waals surface area contributed by atoms with E-state index in [1.54, 1.807) is 0 Å². The standard InChI is InChI=1S/C19H22S6/c1-2-20-21-12-17-7-18-9-19(8-17)14-25-23-11-16-5-3-4-15(6-16)10-22-24-13-18/h3-9H,2,10-14H2,1H3. The van der Waals surface area contributed by atoms with Crippen molar-refractivity contribution in [2.45, 2.75) is 35.7 Å². The van der Waals surface area contributed by atoms with Crippen LogP contribution in [0, 0.1) is 0 Å². The van der Waals surface area contributed by atoms with Gasteiger partial charge in [0.2, 0.25) is 0 Å². The Balaban J connectivity index is 1.70. The maximum atomic E-state index is 2.41. The van der Waals surface area contributed by atoms with E-state index in [2.05, 4.69) is 49.4 Å². The highest BCUT2D eigenvalue weighted by atomic mass is 33.1. The normalized spacial score (nSPS) is 15.6. The first kappa shape index (κ1) is 20.3. The Morgan fingerprint density at radius 2 is 1.24 bits per heavy atom. The molecule has 0 atom stereocenters. The molecule has 1 heterocycles. The quantitative estimate of drug-likeness (QED) is 0.344. The number of benzene rings is 2. The van der Waals surface area contributed by atoms with Crippen LogP contribution in [-0.2, 0) is 28.8 Å². The van der Waals surface area contributed by atoms with E-state index in [1.807, 2.05) is 64.8 Å². The second-order valence-corrected chi connectivity index (χ2v) is 13.4. The number of fused-ring (bicyclic) bond motifs is 4. The van der Waals surface area contributed by atoms with Crippen LogP contribution in [0.5, 0.6) is 0 Å². The van der Waals surface area contributed by atoms with Crippen molar-refractivity contribution in [2.24, 2.45) is 0 Å². The maximum absolute atomic E-state index is 2.41. The highest BCUT2D eigenvalue weighted by Gasteiger charge is 2.06. The first-order valence-electron chi connectivity index (χ1n) is 8.26. The van der Waals surface area contributed by atoms with Crippen molar-refractivity contribution >= 4 is 64.8 Å². The van der Waals surface area contributed by atoms with E-state index in [4.69, 9.17) is 0 Å². The van der Waals surface area contributed by atoms with Crippen molar-refractivity contribution < 1.29 is 0 Å². The highest BCUT2D eigenvalue weighted by molar-refractivity contribution is 8.76. The predicted octanol–water partition coefficient (Wildman–Crippen LogP) is 8.06. The molecule has 2 aromatic rings. The minimum atomic E-state index is 1.09. The predicted molar refractivity (Wildman–Crippen MR) is 127 cm³/mol. The zero-order chi connectivity index (χ0) is 17.3. The lowest BCUT2D eigenvalue weighted by Crippen LogP contribution is -1.91. The molecule has 25 heavy (non-hydrogen) atoms. The molecule has 0 fully saturated rings. The average Bonchev–Trinajstić information content (AvgIpc) is 2.62. The van der Waals surface area contributed by atoms with Gasteiger partial charge in [0.05, 0.1) is 0 Å². The molecule has 0 amide bonds. The van der Waals surface area contributed by atoms with E-state index in [9.17, 15) is 0 Å². The molecular weight excluding hydrogens is 421 g/mol. The van der Waals surface area contributed by atoms with E-state index in [0.29, 0.717) is 0 Å². The third-order valence-corrected chi connectivity index (χ3v) is 10.6. The molecule has 0 spiro atoms. The molecule has 0 N–H and O–H groups in total. The minimum absolute atomic E-state index is 1.09. The van der Waals surface area contributed by atoms with Crippen molar-refractivity contribution in [3.63, 3.8) is 0 Å². The van der Waals surface area contributed by atoms with E-state index in [0.717, 1.165) is 28.8 Å². The smallest absolute Gasteiger partial charge is 0.0289 e. The lowest BCUT2D eigenvalue weighted by molar-refractivity contribution is 1.27. The molecule has 4 bridgehead atoms. The molecule has 0 radical (unpaired) electrons. The van der Waals surface area contributed by atoms with Gasteiger partial charge < -0.3 is 0 Å². The first-order valence-corrected chi connectivity index (χ1v) is 15.7. The van der Waals surface area contributed by atoms with Crippen LogP contribution in [0.4, 0.5) is 0 Å². The SMILES string of the molecule is CCSSCc1cc2cc(c1)CSSCc1cccc(c1)CSSC2. The van der Waals surface area contributed by atoms with Gasteiger partial charge in [0, 0.05) is 34.5 Å². The first-order chi connectivity index (χ1) is 12.3. The van der Waals surface area contributed by atoms with Gasteiger partial charge >= 0.3 is 0 Å². The second kappa shape index (κ2) is 11.4. The summed E-state index contributed by atoms with van der Waals surface area (Å²) in [5.74, 6) is 6.65. The fraction of sp³-hybridized carbons (Fsp3) is 0.368. The Kier molecular flexibility index (Phi) is 9.25. The molecule has 0 unspecified atom stereocenters. The zero-order valence-corrected chi connectivity index (χ0v) is 19.1. The molecule has 1 aliphatic rings. The van der Waals surface area contributed by atoms with Crippen molar-refractivity contribution in [1.82, 2.24) is 0 Å². The van der Waals surface area contributed by atoms with E-state index in [-0.39, 0.29) is 0 Å². The summed E-state index contributed by atoms with van der Waals surface area (Å²) in [6, 6.07) is 16.3. The molecule has 134 valence electrons. The molecule has 6 heteroatoms.